The zero-order valence-electron chi connectivity index (χ0n) is 10.4. The molecule has 0 saturated carbocycles. The maximum absolute atomic E-state index is 11.7. The van der Waals surface area contributed by atoms with Gasteiger partial charge in [-0.05, 0) is 12.1 Å². The smallest absolute Gasteiger partial charge is 0.344 e. The molecule has 20 heavy (non-hydrogen) atoms. The Kier molecular flexibility index (Phi) is 4.42. The highest BCUT2D eigenvalue weighted by Gasteiger charge is 2.08. The van der Waals surface area contributed by atoms with E-state index < -0.39 is 5.97 Å². The van der Waals surface area contributed by atoms with Crippen molar-refractivity contribution in [2.75, 3.05) is 13.2 Å². The van der Waals surface area contributed by atoms with Crippen LogP contribution in [-0.4, -0.2) is 19.2 Å². The van der Waals surface area contributed by atoms with Gasteiger partial charge >= 0.3 is 5.97 Å². The SMILES string of the molecule is C=CCOC(=O)COc1ccc2c(=O)c(Cl)coc2c1. The normalized spacial score (nSPS) is 10.2. The number of halogens is 1. The highest BCUT2D eigenvalue weighted by molar-refractivity contribution is 6.30. The molecule has 2 aromatic rings. The van der Waals surface area contributed by atoms with Crippen LogP contribution < -0.4 is 10.2 Å². The van der Waals surface area contributed by atoms with E-state index in [4.69, 9.17) is 25.5 Å². The summed E-state index contributed by atoms with van der Waals surface area (Å²) in [5.41, 5.74) is 0.0150. The van der Waals surface area contributed by atoms with Crippen molar-refractivity contribution in [1.82, 2.24) is 0 Å². The van der Waals surface area contributed by atoms with Crippen molar-refractivity contribution in [2.45, 2.75) is 0 Å². The Morgan fingerprint density at radius 1 is 1.45 bits per heavy atom. The lowest BCUT2D eigenvalue weighted by molar-refractivity contribution is -0.144. The summed E-state index contributed by atoms with van der Waals surface area (Å²) in [6, 6.07) is 4.58. The molecule has 6 heteroatoms. The lowest BCUT2D eigenvalue weighted by Crippen LogP contribution is -2.14. The van der Waals surface area contributed by atoms with Crippen LogP contribution in [0.1, 0.15) is 0 Å². The molecule has 0 spiro atoms. The Bertz CT molecular complexity index is 704. The number of ether oxygens (including phenoxy) is 2. The lowest BCUT2D eigenvalue weighted by atomic mass is 10.2. The van der Waals surface area contributed by atoms with Gasteiger partial charge in [0, 0.05) is 6.07 Å². The summed E-state index contributed by atoms with van der Waals surface area (Å²) in [6.45, 7) is 3.32. The zero-order valence-corrected chi connectivity index (χ0v) is 11.2. The average Bonchev–Trinajstić information content (AvgIpc) is 2.46. The summed E-state index contributed by atoms with van der Waals surface area (Å²) >= 11 is 5.67. The summed E-state index contributed by atoms with van der Waals surface area (Å²) in [7, 11) is 0. The number of hydrogen-bond acceptors (Lipinski definition) is 5. The third kappa shape index (κ3) is 3.19. The van der Waals surface area contributed by atoms with Crippen molar-refractivity contribution in [3.8, 4) is 5.75 Å². The van der Waals surface area contributed by atoms with E-state index in [2.05, 4.69) is 6.58 Å². The molecule has 0 aliphatic rings. The maximum Gasteiger partial charge on any atom is 0.344 e. The molecule has 0 saturated heterocycles. The molecule has 0 unspecified atom stereocenters. The molecule has 5 nitrogen and oxygen atoms in total. The second kappa shape index (κ2) is 6.25. The Labute approximate surface area is 119 Å². The molecule has 0 atom stereocenters. The molecule has 0 aliphatic carbocycles. The second-order valence-corrected chi connectivity index (χ2v) is 4.24. The lowest BCUT2D eigenvalue weighted by Gasteiger charge is -2.06. The third-order valence-corrected chi connectivity index (χ3v) is 2.68. The molecule has 1 aromatic heterocycles. The van der Waals surface area contributed by atoms with E-state index in [1.807, 2.05) is 0 Å². The fourth-order valence-corrected chi connectivity index (χ4v) is 1.66. The monoisotopic (exact) mass is 294 g/mol. The van der Waals surface area contributed by atoms with E-state index in [0.717, 1.165) is 6.26 Å². The molecule has 0 amide bonds. The van der Waals surface area contributed by atoms with Gasteiger partial charge in [-0.15, -0.1) is 0 Å². The number of benzene rings is 1. The van der Waals surface area contributed by atoms with Gasteiger partial charge in [-0.1, -0.05) is 24.3 Å². The van der Waals surface area contributed by atoms with Crippen molar-refractivity contribution in [3.05, 3.63) is 52.4 Å². The van der Waals surface area contributed by atoms with Crippen LogP contribution in [0.2, 0.25) is 5.02 Å². The average molecular weight is 295 g/mol. The molecular formula is C14H11ClO5. The Balaban J connectivity index is 2.13. The van der Waals surface area contributed by atoms with E-state index in [1.54, 1.807) is 6.07 Å². The molecule has 1 heterocycles. The van der Waals surface area contributed by atoms with Crippen LogP contribution in [0.3, 0.4) is 0 Å². The molecule has 0 radical (unpaired) electrons. The van der Waals surface area contributed by atoms with Gasteiger partial charge < -0.3 is 13.9 Å². The largest absolute Gasteiger partial charge is 0.482 e. The van der Waals surface area contributed by atoms with Gasteiger partial charge in [0.05, 0.1) is 5.39 Å². The van der Waals surface area contributed by atoms with Crippen molar-refractivity contribution >= 4 is 28.5 Å². The zero-order chi connectivity index (χ0) is 14.5. The van der Waals surface area contributed by atoms with Crippen LogP contribution in [0, 0.1) is 0 Å². The third-order valence-electron chi connectivity index (χ3n) is 2.42. The highest BCUT2D eigenvalue weighted by atomic mass is 35.5. The van der Waals surface area contributed by atoms with E-state index in [-0.39, 0.29) is 23.7 Å². The minimum atomic E-state index is -0.512. The van der Waals surface area contributed by atoms with Crippen LogP contribution in [0.25, 0.3) is 11.0 Å². The number of carbonyl (C=O) groups excluding carboxylic acids is 1. The van der Waals surface area contributed by atoms with Crippen LogP contribution in [-0.2, 0) is 9.53 Å². The fourth-order valence-electron chi connectivity index (χ4n) is 1.51. The van der Waals surface area contributed by atoms with Gasteiger partial charge in [0.1, 0.15) is 29.2 Å². The van der Waals surface area contributed by atoms with E-state index in [1.165, 1.54) is 18.2 Å². The quantitative estimate of drug-likeness (QED) is 0.626. The predicted molar refractivity (Wildman–Crippen MR) is 74.1 cm³/mol. The maximum atomic E-state index is 11.7. The van der Waals surface area contributed by atoms with Gasteiger partial charge in [0.2, 0.25) is 5.43 Å². The summed E-state index contributed by atoms with van der Waals surface area (Å²) in [4.78, 5) is 23.0. The van der Waals surface area contributed by atoms with Crippen molar-refractivity contribution < 1.29 is 18.7 Å². The number of carbonyl (C=O) groups is 1. The van der Waals surface area contributed by atoms with Crippen molar-refractivity contribution in [1.29, 1.82) is 0 Å². The number of esters is 1. The standard InChI is InChI=1S/C14H11ClO5/c1-2-5-18-13(16)8-19-9-3-4-10-12(6-9)20-7-11(15)14(10)17/h2-4,6-7H,1,5,8H2. The first-order valence-corrected chi connectivity index (χ1v) is 6.10. The highest BCUT2D eigenvalue weighted by Crippen LogP contribution is 2.20. The van der Waals surface area contributed by atoms with Gasteiger partial charge in [0.15, 0.2) is 6.61 Å². The Morgan fingerprint density at radius 3 is 3.00 bits per heavy atom. The van der Waals surface area contributed by atoms with Gasteiger partial charge in [-0.3, -0.25) is 4.79 Å². The van der Waals surface area contributed by atoms with Gasteiger partial charge in [-0.2, -0.15) is 0 Å². The van der Waals surface area contributed by atoms with Crippen LogP contribution >= 0.6 is 11.6 Å². The first kappa shape index (κ1) is 14.1. The fraction of sp³-hybridized carbons (Fsp3) is 0.143. The molecule has 104 valence electrons. The van der Waals surface area contributed by atoms with Crippen molar-refractivity contribution in [2.24, 2.45) is 0 Å². The predicted octanol–water partition coefficient (Wildman–Crippen LogP) is 2.55. The Hall–Kier alpha value is -2.27. The van der Waals surface area contributed by atoms with E-state index in [0.29, 0.717) is 16.7 Å². The first-order valence-electron chi connectivity index (χ1n) is 5.72. The molecule has 2 rings (SSSR count). The molecule has 0 fully saturated rings. The summed E-state index contributed by atoms with van der Waals surface area (Å²) in [6.07, 6.45) is 2.63. The Morgan fingerprint density at radius 2 is 2.25 bits per heavy atom. The topological polar surface area (TPSA) is 65.7 Å². The summed E-state index contributed by atoms with van der Waals surface area (Å²) < 4.78 is 15.2. The number of hydrogen-bond donors (Lipinski definition) is 0. The molecule has 0 aliphatic heterocycles. The summed E-state index contributed by atoms with van der Waals surface area (Å²) in [5.74, 6) is -0.124. The van der Waals surface area contributed by atoms with Gasteiger partial charge in [-0.25, -0.2) is 4.79 Å². The molecule has 0 N–H and O–H groups in total. The minimum absolute atomic E-state index is 0.0131. The molecule has 0 bridgehead atoms. The van der Waals surface area contributed by atoms with Crippen LogP contribution in [0.15, 0.2) is 46.3 Å². The van der Waals surface area contributed by atoms with Gasteiger partial charge in [0.25, 0.3) is 0 Å². The molecule has 1 aromatic carbocycles. The van der Waals surface area contributed by atoms with E-state index >= 15 is 0 Å². The van der Waals surface area contributed by atoms with Crippen LogP contribution in [0.5, 0.6) is 5.75 Å². The summed E-state index contributed by atoms with van der Waals surface area (Å²) in [5, 5.41) is 0.359. The van der Waals surface area contributed by atoms with E-state index in [9.17, 15) is 9.59 Å². The minimum Gasteiger partial charge on any atom is -0.482 e. The number of rotatable bonds is 5. The first-order chi connectivity index (χ1) is 9.61. The number of fused-ring (bicyclic) bond motifs is 1. The second-order valence-electron chi connectivity index (χ2n) is 3.83. The van der Waals surface area contributed by atoms with Crippen molar-refractivity contribution in [3.63, 3.8) is 0 Å². The van der Waals surface area contributed by atoms with Crippen LogP contribution in [0.4, 0.5) is 0 Å². The molecular weight excluding hydrogens is 284 g/mol.